The maximum absolute atomic E-state index is 13.3. The Morgan fingerprint density at radius 1 is 1.23 bits per heavy atom. The highest BCUT2D eigenvalue weighted by Gasteiger charge is 2.33. The summed E-state index contributed by atoms with van der Waals surface area (Å²) in [6.07, 6.45) is 3.59. The summed E-state index contributed by atoms with van der Waals surface area (Å²) < 4.78 is 10.9. The molecule has 0 radical (unpaired) electrons. The van der Waals surface area contributed by atoms with Crippen LogP contribution in [0.1, 0.15) is 34.8 Å². The van der Waals surface area contributed by atoms with Crippen LogP contribution < -0.4 is 9.47 Å². The predicted octanol–water partition coefficient (Wildman–Crippen LogP) is 3.56. The molecule has 134 valence electrons. The third-order valence-electron chi connectivity index (χ3n) is 5.02. The molecule has 0 saturated carbocycles. The average Bonchev–Trinajstić information content (AvgIpc) is 3.35. The van der Waals surface area contributed by atoms with E-state index in [4.69, 9.17) is 9.47 Å². The van der Waals surface area contributed by atoms with Crippen molar-refractivity contribution in [1.29, 1.82) is 0 Å². The molecule has 0 aliphatic carbocycles. The zero-order valence-corrected chi connectivity index (χ0v) is 14.9. The molecule has 0 spiro atoms. The van der Waals surface area contributed by atoms with Crippen molar-refractivity contribution in [3.63, 3.8) is 0 Å². The number of carbonyl (C=O) groups excluding carboxylic acids is 1. The summed E-state index contributed by atoms with van der Waals surface area (Å²) in [7, 11) is 3.29. The number of hydrogen-bond donors (Lipinski definition) is 1. The molecule has 1 fully saturated rings. The molecule has 4 rings (SSSR count). The molecule has 1 amide bonds. The highest BCUT2D eigenvalue weighted by molar-refractivity contribution is 6.05. The Bertz CT molecular complexity index is 950. The first-order valence-electron chi connectivity index (χ1n) is 8.68. The second kappa shape index (κ2) is 6.71. The van der Waals surface area contributed by atoms with E-state index in [2.05, 4.69) is 10.2 Å². The fourth-order valence-corrected chi connectivity index (χ4v) is 3.73. The Morgan fingerprint density at radius 2 is 2.12 bits per heavy atom. The van der Waals surface area contributed by atoms with E-state index in [-0.39, 0.29) is 11.9 Å². The quantitative estimate of drug-likeness (QED) is 0.780. The summed E-state index contributed by atoms with van der Waals surface area (Å²) in [4.78, 5) is 15.2. The first-order chi connectivity index (χ1) is 12.7. The summed E-state index contributed by atoms with van der Waals surface area (Å²) in [5, 5.41) is 7.95. The van der Waals surface area contributed by atoms with Crippen LogP contribution >= 0.6 is 0 Å². The van der Waals surface area contributed by atoms with Gasteiger partial charge in [-0.2, -0.15) is 5.10 Å². The van der Waals surface area contributed by atoms with Gasteiger partial charge in [0.2, 0.25) is 0 Å². The van der Waals surface area contributed by atoms with Crippen LogP contribution in [-0.2, 0) is 0 Å². The topological polar surface area (TPSA) is 67.5 Å². The smallest absolute Gasteiger partial charge is 0.256 e. The average molecular weight is 351 g/mol. The maximum atomic E-state index is 13.3. The lowest BCUT2D eigenvalue weighted by Gasteiger charge is -2.27. The van der Waals surface area contributed by atoms with Crippen LogP contribution in [0.15, 0.2) is 42.6 Å². The molecular formula is C20H21N3O3. The number of carbonyl (C=O) groups is 1. The number of H-pyrrole nitrogens is 1. The minimum Gasteiger partial charge on any atom is -0.497 e. The fraction of sp³-hybridized carbons (Fsp3) is 0.300. The molecule has 1 atom stereocenters. The van der Waals surface area contributed by atoms with Gasteiger partial charge in [-0.1, -0.05) is 12.1 Å². The van der Waals surface area contributed by atoms with Crippen molar-refractivity contribution < 1.29 is 14.3 Å². The Morgan fingerprint density at radius 3 is 2.92 bits per heavy atom. The molecular weight excluding hydrogens is 330 g/mol. The summed E-state index contributed by atoms with van der Waals surface area (Å²) in [6, 6.07) is 11.4. The third-order valence-corrected chi connectivity index (χ3v) is 5.02. The van der Waals surface area contributed by atoms with E-state index >= 15 is 0 Å². The number of nitrogens with one attached hydrogen (secondary N) is 1. The van der Waals surface area contributed by atoms with E-state index in [0.29, 0.717) is 12.1 Å². The highest BCUT2D eigenvalue weighted by Crippen LogP contribution is 2.39. The molecule has 1 saturated heterocycles. The van der Waals surface area contributed by atoms with Gasteiger partial charge in [0.1, 0.15) is 11.5 Å². The van der Waals surface area contributed by atoms with Crippen LogP contribution in [0.3, 0.4) is 0 Å². The number of fused-ring (bicyclic) bond motifs is 1. The fourth-order valence-electron chi connectivity index (χ4n) is 3.73. The van der Waals surface area contributed by atoms with Crippen molar-refractivity contribution in [1.82, 2.24) is 15.1 Å². The van der Waals surface area contributed by atoms with Gasteiger partial charge in [-0.05, 0) is 37.1 Å². The van der Waals surface area contributed by atoms with Gasteiger partial charge < -0.3 is 14.4 Å². The zero-order chi connectivity index (χ0) is 18.1. The second-order valence-electron chi connectivity index (χ2n) is 6.40. The first-order valence-corrected chi connectivity index (χ1v) is 8.68. The number of ether oxygens (including phenoxy) is 2. The van der Waals surface area contributed by atoms with Gasteiger partial charge >= 0.3 is 0 Å². The van der Waals surface area contributed by atoms with Crippen molar-refractivity contribution in [3.8, 4) is 11.5 Å². The van der Waals surface area contributed by atoms with Gasteiger partial charge in [-0.25, -0.2) is 0 Å². The van der Waals surface area contributed by atoms with Crippen molar-refractivity contribution in [2.75, 3.05) is 20.8 Å². The molecule has 6 heteroatoms. The molecule has 0 bridgehead atoms. The van der Waals surface area contributed by atoms with E-state index in [1.165, 1.54) is 0 Å². The minimum atomic E-state index is -0.0364. The Balaban J connectivity index is 1.73. The lowest BCUT2D eigenvalue weighted by atomic mass is 10.0. The van der Waals surface area contributed by atoms with Gasteiger partial charge in [0.25, 0.3) is 5.91 Å². The molecule has 6 nitrogen and oxygen atoms in total. The van der Waals surface area contributed by atoms with Crippen molar-refractivity contribution in [2.24, 2.45) is 0 Å². The monoisotopic (exact) mass is 351 g/mol. The number of hydrogen-bond acceptors (Lipinski definition) is 4. The normalized spacial score (nSPS) is 16.8. The Kier molecular flexibility index (Phi) is 4.24. The number of methoxy groups -OCH3 is 2. The number of para-hydroxylation sites is 1. The molecule has 1 unspecified atom stereocenters. The van der Waals surface area contributed by atoms with E-state index in [0.717, 1.165) is 40.8 Å². The zero-order valence-electron chi connectivity index (χ0n) is 14.9. The lowest BCUT2D eigenvalue weighted by molar-refractivity contribution is 0.0735. The van der Waals surface area contributed by atoms with Crippen LogP contribution in [0.25, 0.3) is 10.9 Å². The molecule has 1 aromatic heterocycles. The van der Waals surface area contributed by atoms with Gasteiger partial charge in [-0.3, -0.25) is 9.89 Å². The van der Waals surface area contributed by atoms with E-state index in [9.17, 15) is 4.79 Å². The van der Waals surface area contributed by atoms with Crippen molar-refractivity contribution in [2.45, 2.75) is 18.9 Å². The number of aromatic nitrogens is 2. The summed E-state index contributed by atoms with van der Waals surface area (Å²) in [5.41, 5.74) is 2.41. The molecule has 2 heterocycles. The van der Waals surface area contributed by atoms with Gasteiger partial charge in [0.05, 0.1) is 37.5 Å². The predicted molar refractivity (Wildman–Crippen MR) is 98.7 cm³/mol. The Labute approximate surface area is 151 Å². The van der Waals surface area contributed by atoms with E-state index < -0.39 is 0 Å². The van der Waals surface area contributed by atoms with Gasteiger partial charge in [0.15, 0.2) is 0 Å². The molecule has 1 N–H and O–H groups in total. The van der Waals surface area contributed by atoms with Crippen LogP contribution in [0, 0.1) is 0 Å². The van der Waals surface area contributed by atoms with Crippen LogP contribution in [0.5, 0.6) is 11.5 Å². The van der Waals surface area contributed by atoms with Crippen LogP contribution in [0.4, 0.5) is 0 Å². The molecule has 1 aliphatic rings. The summed E-state index contributed by atoms with van der Waals surface area (Å²) >= 11 is 0. The SMILES string of the molecule is COc1ccc(OC)c(C2CCCN2C(=O)c2cccc3cn[nH]c23)c1. The Hall–Kier alpha value is -3.02. The van der Waals surface area contributed by atoms with E-state index in [1.807, 2.05) is 41.3 Å². The number of aromatic amines is 1. The molecule has 26 heavy (non-hydrogen) atoms. The van der Waals surface area contributed by atoms with Gasteiger partial charge in [0, 0.05) is 17.5 Å². The third kappa shape index (κ3) is 2.67. The molecule has 3 aromatic rings. The standard InChI is InChI=1S/C20H21N3O3/c1-25-14-8-9-18(26-2)16(11-14)17-7-4-10-23(17)20(24)15-6-3-5-13-12-21-22-19(13)15/h3,5-6,8-9,11-12,17H,4,7,10H2,1-2H3,(H,21,22). The number of likely N-dealkylation sites (tertiary alicyclic amines) is 1. The number of benzene rings is 2. The largest absolute Gasteiger partial charge is 0.497 e. The summed E-state index contributed by atoms with van der Waals surface area (Å²) in [6.45, 7) is 0.717. The van der Waals surface area contributed by atoms with Crippen LogP contribution in [0.2, 0.25) is 0 Å². The van der Waals surface area contributed by atoms with Gasteiger partial charge in [-0.15, -0.1) is 0 Å². The maximum Gasteiger partial charge on any atom is 0.256 e. The molecule has 1 aliphatic heterocycles. The van der Waals surface area contributed by atoms with Crippen LogP contribution in [-0.4, -0.2) is 41.8 Å². The van der Waals surface area contributed by atoms with E-state index in [1.54, 1.807) is 20.4 Å². The van der Waals surface area contributed by atoms with Crippen molar-refractivity contribution in [3.05, 3.63) is 53.7 Å². The van der Waals surface area contributed by atoms with Crippen molar-refractivity contribution >= 4 is 16.8 Å². The number of nitrogens with zero attached hydrogens (tertiary/aromatic N) is 2. The second-order valence-corrected chi connectivity index (χ2v) is 6.40. The summed E-state index contributed by atoms with van der Waals surface area (Å²) in [5.74, 6) is 1.54. The number of amides is 1. The first kappa shape index (κ1) is 16.4. The highest BCUT2D eigenvalue weighted by atomic mass is 16.5. The minimum absolute atomic E-state index is 0.00669. The number of rotatable bonds is 4. The lowest BCUT2D eigenvalue weighted by Crippen LogP contribution is -2.31. The molecule has 2 aromatic carbocycles.